The van der Waals surface area contributed by atoms with Gasteiger partial charge in [-0.2, -0.15) is 10.4 Å². The Morgan fingerprint density at radius 3 is 2.67 bits per heavy atom. The molecule has 1 N–H and O–H groups in total. The fourth-order valence-corrected chi connectivity index (χ4v) is 3.13. The Morgan fingerprint density at radius 1 is 1.22 bits per heavy atom. The van der Waals surface area contributed by atoms with Crippen molar-refractivity contribution >= 4 is 34.3 Å². The maximum absolute atomic E-state index is 13.2. The molecule has 0 aliphatic rings. The number of rotatable bonds is 3. The number of benzene rings is 2. The van der Waals surface area contributed by atoms with Gasteiger partial charge in [-0.05, 0) is 49.4 Å². The minimum Gasteiger partial charge on any atom is -0.337 e. The van der Waals surface area contributed by atoms with Crippen LogP contribution in [-0.4, -0.2) is 19.7 Å². The van der Waals surface area contributed by atoms with Crippen LogP contribution >= 0.6 is 11.6 Å². The van der Waals surface area contributed by atoms with Crippen molar-refractivity contribution in [3.05, 3.63) is 76.6 Å². The van der Waals surface area contributed by atoms with Gasteiger partial charge in [0.25, 0.3) is 0 Å². The molecule has 0 aliphatic heterocycles. The zero-order valence-corrected chi connectivity index (χ0v) is 15.0. The number of aryl methyl sites for hydroxylation is 1. The number of imidazole rings is 1. The normalized spacial score (nSPS) is 11.7. The Kier molecular flexibility index (Phi) is 4.22. The summed E-state index contributed by atoms with van der Waals surface area (Å²) in [6, 6.07) is 15.6. The predicted octanol–water partition coefficient (Wildman–Crippen LogP) is 4.91. The molecule has 0 saturated carbocycles. The molecule has 4 rings (SSSR count). The topological polar surface area (TPSA) is 70.3 Å². The van der Waals surface area contributed by atoms with E-state index in [0.717, 1.165) is 11.0 Å². The standard InChI is InChI=1S/C20H13ClFN5/c1-12-16(19(21)27(26-12)15-8-6-14(22)7-9-15)10-13(11-23)20-24-17-4-2-3-5-18(17)25-20/h2-10H,1H3,(H,24,25)/b13-10-. The number of para-hydroxylation sites is 2. The molecule has 2 aromatic heterocycles. The average Bonchev–Trinajstić information content (AvgIpc) is 3.22. The van der Waals surface area contributed by atoms with Gasteiger partial charge in [0.05, 0.1) is 28.0 Å². The molecule has 2 heterocycles. The number of fused-ring (bicyclic) bond motifs is 1. The van der Waals surface area contributed by atoms with Crippen molar-refractivity contribution < 1.29 is 4.39 Å². The number of nitriles is 1. The third kappa shape index (κ3) is 3.09. The summed E-state index contributed by atoms with van der Waals surface area (Å²) in [7, 11) is 0. The van der Waals surface area contributed by atoms with Gasteiger partial charge in [-0.1, -0.05) is 23.7 Å². The van der Waals surface area contributed by atoms with Gasteiger partial charge in [0.2, 0.25) is 0 Å². The molecule has 7 heteroatoms. The lowest BCUT2D eigenvalue weighted by Crippen LogP contribution is -1.96. The van der Waals surface area contributed by atoms with E-state index in [1.54, 1.807) is 25.1 Å². The number of allylic oxidation sites excluding steroid dienone is 1. The van der Waals surface area contributed by atoms with Gasteiger partial charge < -0.3 is 4.98 Å². The minimum atomic E-state index is -0.337. The second-order valence-electron chi connectivity index (χ2n) is 5.95. The summed E-state index contributed by atoms with van der Waals surface area (Å²) in [5.41, 5.74) is 3.85. The summed E-state index contributed by atoms with van der Waals surface area (Å²) in [5.74, 6) is 0.124. The minimum absolute atomic E-state index is 0.336. The SMILES string of the molecule is Cc1nn(-c2ccc(F)cc2)c(Cl)c1/C=C(/C#N)c1nc2ccccc2[nH]1. The van der Waals surface area contributed by atoms with E-state index in [9.17, 15) is 9.65 Å². The van der Waals surface area contributed by atoms with Gasteiger partial charge >= 0.3 is 0 Å². The van der Waals surface area contributed by atoms with Crippen LogP contribution in [0.15, 0.2) is 48.5 Å². The van der Waals surface area contributed by atoms with Gasteiger partial charge in [0.15, 0.2) is 0 Å². The quantitative estimate of drug-likeness (QED) is 0.515. The number of halogens is 2. The third-order valence-electron chi connectivity index (χ3n) is 4.17. The molecule has 2 aromatic carbocycles. The fraction of sp³-hybridized carbons (Fsp3) is 0.0500. The first-order valence-electron chi connectivity index (χ1n) is 8.15. The van der Waals surface area contributed by atoms with Crippen LogP contribution in [0, 0.1) is 24.1 Å². The molecule has 5 nitrogen and oxygen atoms in total. The van der Waals surface area contributed by atoms with E-state index in [-0.39, 0.29) is 5.82 Å². The highest BCUT2D eigenvalue weighted by molar-refractivity contribution is 6.31. The molecular formula is C20H13ClFN5. The summed E-state index contributed by atoms with van der Waals surface area (Å²) in [6.45, 7) is 1.80. The molecule has 132 valence electrons. The zero-order chi connectivity index (χ0) is 19.0. The van der Waals surface area contributed by atoms with Crippen LogP contribution < -0.4 is 0 Å². The van der Waals surface area contributed by atoms with Crippen molar-refractivity contribution in [1.29, 1.82) is 5.26 Å². The molecular weight excluding hydrogens is 365 g/mol. The van der Waals surface area contributed by atoms with Crippen LogP contribution in [0.1, 0.15) is 17.1 Å². The summed E-state index contributed by atoms with van der Waals surface area (Å²) in [5, 5.41) is 14.4. The maximum Gasteiger partial charge on any atom is 0.149 e. The highest BCUT2D eigenvalue weighted by atomic mass is 35.5. The lowest BCUT2D eigenvalue weighted by atomic mass is 10.1. The molecule has 0 unspecified atom stereocenters. The number of nitrogens with zero attached hydrogens (tertiary/aromatic N) is 4. The summed E-state index contributed by atoms with van der Waals surface area (Å²) in [6.07, 6.45) is 1.66. The van der Waals surface area contributed by atoms with E-state index in [1.807, 2.05) is 24.3 Å². The summed E-state index contributed by atoms with van der Waals surface area (Å²) in [4.78, 5) is 7.59. The molecule has 0 aliphatic carbocycles. The van der Waals surface area contributed by atoms with Gasteiger partial charge in [0.1, 0.15) is 22.9 Å². The molecule has 0 spiro atoms. The van der Waals surface area contributed by atoms with Crippen LogP contribution in [0.4, 0.5) is 4.39 Å². The second kappa shape index (κ2) is 6.71. The Bertz CT molecular complexity index is 1180. The van der Waals surface area contributed by atoms with Crippen LogP contribution in [0.25, 0.3) is 28.4 Å². The number of nitrogens with one attached hydrogen (secondary N) is 1. The maximum atomic E-state index is 13.2. The van der Waals surface area contributed by atoms with E-state index in [2.05, 4.69) is 21.1 Å². The van der Waals surface area contributed by atoms with Gasteiger partial charge in [-0.15, -0.1) is 0 Å². The summed E-state index contributed by atoms with van der Waals surface area (Å²) >= 11 is 6.49. The van der Waals surface area contributed by atoms with Crippen molar-refractivity contribution in [1.82, 2.24) is 19.7 Å². The number of aromatic nitrogens is 4. The Balaban J connectivity index is 1.80. The van der Waals surface area contributed by atoms with Crippen molar-refractivity contribution in [2.45, 2.75) is 6.92 Å². The first-order chi connectivity index (χ1) is 13.1. The monoisotopic (exact) mass is 377 g/mol. The number of hydrogen-bond donors (Lipinski definition) is 1. The van der Waals surface area contributed by atoms with Gasteiger partial charge in [-0.3, -0.25) is 0 Å². The fourth-order valence-electron chi connectivity index (χ4n) is 2.81. The molecule has 0 radical (unpaired) electrons. The molecule has 0 bridgehead atoms. The molecule has 27 heavy (non-hydrogen) atoms. The zero-order valence-electron chi connectivity index (χ0n) is 14.2. The van der Waals surface area contributed by atoms with E-state index in [0.29, 0.717) is 33.5 Å². The highest BCUT2D eigenvalue weighted by Crippen LogP contribution is 2.28. The number of hydrogen-bond acceptors (Lipinski definition) is 3. The third-order valence-corrected chi connectivity index (χ3v) is 4.54. The smallest absolute Gasteiger partial charge is 0.149 e. The molecule has 0 amide bonds. The van der Waals surface area contributed by atoms with E-state index in [4.69, 9.17) is 11.6 Å². The van der Waals surface area contributed by atoms with Crippen LogP contribution in [0.2, 0.25) is 5.15 Å². The van der Waals surface area contributed by atoms with Crippen molar-refractivity contribution in [2.75, 3.05) is 0 Å². The van der Waals surface area contributed by atoms with Crippen molar-refractivity contribution in [2.24, 2.45) is 0 Å². The number of aromatic amines is 1. The van der Waals surface area contributed by atoms with Crippen LogP contribution in [-0.2, 0) is 0 Å². The second-order valence-corrected chi connectivity index (χ2v) is 6.31. The Hall–Kier alpha value is -3.43. The van der Waals surface area contributed by atoms with Crippen molar-refractivity contribution in [3.63, 3.8) is 0 Å². The predicted molar refractivity (Wildman–Crippen MR) is 103 cm³/mol. The Labute approximate surface area is 159 Å². The first kappa shape index (κ1) is 17.0. The van der Waals surface area contributed by atoms with Crippen LogP contribution in [0.3, 0.4) is 0 Å². The molecule has 0 saturated heterocycles. The Morgan fingerprint density at radius 2 is 1.96 bits per heavy atom. The van der Waals surface area contributed by atoms with Crippen LogP contribution in [0.5, 0.6) is 0 Å². The highest BCUT2D eigenvalue weighted by Gasteiger charge is 2.16. The molecule has 0 atom stereocenters. The molecule has 4 aromatic rings. The largest absolute Gasteiger partial charge is 0.337 e. The lowest BCUT2D eigenvalue weighted by molar-refractivity contribution is 0.627. The van der Waals surface area contributed by atoms with E-state index in [1.165, 1.54) is 16.8 Å². The van der Waals surface area contributed by atoms with Gasteiger partial charge in [-0.25, -0.2) is 14.1 Å². The first-order valence-corrected chi connectivity index (χ1v) is 8.52. The average molecular weight is 378 g/mol. The number of H-pyrrole nitrogens is 1. The van der Waals surface area contributed by atoms with Gasteiger partial charge in [0, 0.05) is 5.56 Å². The van der Waals surface area contributed by atoms with E-state index < -0.39 is 0 Å². The molecule has 0 fully saturated rings. The van der Waals surface area contributed by atoms with Crippen molar-refractivity contribution in [3.8, 4) is 11.8 Å². The lowest BCUT2D eigenvalue weighted by Gasteiger charge is -2.02. The van der Waals surface area contributed by atoms with E-state index >= 15 is 0 Å². The summed E-state index contributed by atoms with van der Waals surface area (Å²) < 4.78 is 14.7.